The lowest BCUT2D eigenvalue weighted by atomic mass is 9.57. The summed E-state index contributed by atoms with van der Waals surface area (Å²) in [7, 11) is 0. The normalized spacial score (nSPS) is 34.2. The van der Waals surface area contributed by atoms with E-state index in [9.17, 15) is 9.59 Å². The van der Waals surface area contributed by atoms with Gasteiger partial charge in [0.2, 0.25) is 0 Å². The first-order chi connectivity index (χ1) is 24.1. The summed E-state index contributed by atoms with van der Waals surface area (Å²) in [5.74, 6) is 5.39. The summed E-state index contributed by atoms with van der Waals surface area (Å²) in [6.07, 6.45) is 25.1. The minimum atomic E-state index is -0.307. The first kappa shape index (κ1) is 41.1. The maximum absolute atomic E-state index is 13.9. The zero-order chi connectivity index (χ0) is 37.0. The molecule has 0 aromatic carbocycles. The molecule has 5 saturated carbocycles. The molecular formula is C47H82O4. The summed E-state index contributed by atoms with van der Waals surface area (Å²) in [5.41, 5.74) is 1.11. The van der Waals surface area contributed by atoms with E-state index in [-0.39, 0.29) is 42.4 Å². The Hall–Kier alpha value is -1.06. The molecular weight excluding hydrogens is 629 g/mol. The molecule has 51 heavy (non-hydrogen) atoms. The summed E-state index contributed by atoms with van der Waals surface area (Å²) < 4.78 is 12.4. The van der Waals surface area contributed by atoms with Crippen LogP contribution < -0.4 is 0 Å². The minimum absolute atomic E-state index is 0.0178. The number of hydrogen-bond donors (Lipinski definition) is 0. The monoisotopic (exact) mass is 711 g/mol. The van der Waals surface area contributed by atoms with Crippen LogP contribution in [0.3, 0.4) is 0 Å². The molecule has 294 valence electrons. The van der Waals surface area contributed by atoms with Crippen LogP contribution in [0.4, 0.5) is 0 Å². The molecule has 5 aliphatic carbocycles. The molecule has 0 heterocycles. The second-order valence-electron chi connectivity index (χ2n) is 21.5. The Labute approximate surface area is 315 Å². The number of carbonyl (C=O) groups is 2. The van der Waals surface area contributed by atoms with Crippen LogP contribution in [0.1, 0.15) is 197 Å². The molecule has 0 aromatic heterocycles. The summed E-state index contributed by atoms with van der Waals surface area (Å²) in [6.45, 7) is 22.3. The Bertz CT molecular complexity index is 1080. The van der Waals surface area contributed by atoms with Crippen molar-refractivity contribution in [2.75, 3.05) is 6.61 Å². The van der Waals surface area contributed by atoms with Gasteiger partial charge < -0.3 is 9.47 Å². The predicted octanol–water partition coefficient (Wildman–Crippen LogP) is 13.0. The SMILES string of the molecule is CC(C)C1CCC(C(C)(C)C2CCC(OC(=O)C(COC(=O)C3CCC(C(C)(C)C4CCC(C(C)(C)C)CC4)CC3)C3CCCCC3)CC2)CC1. The average Bonchev–Trinajstić information content (AvgIpc) is 3.12. The van der Waals surface area contributed by atoms with Gasteiger partial charge >= 0.3 is 11.9 Å². The van der Waals surface area contributed by atoms with Gasteiger partial charge in [0.1, 0.15) is 12.7 Å². The molecule has 0 spiro atoms. The van der Waals surface area contributed by atoms with E-state index in [0.29, 0.717) is 28.1 Å². The highest BCUT2D eigenvalue weighted by molar-refractivity contribution is 5.75. The first-order valence-corrected chi connectivity index (χ1v) is 22.4. The number of carbonyl (C=O) groups excluding carboxylic acids is 2. The van der Waals surface area contributed by atoms with Crippen molar-refractivity contribution in [3.05, 3.63) is 0 Å². The van der Waals surface area contributed by atoms with Gasteiger partial charge in [0, 0.05) is 0 Å². The fourth-order valence-electron chi connectivity index (χ4n) is 12.4. The van der Waals surface area contributed by atoms with E-state index in [1.165, 1.54) is 70.6 Å². The molecule has 5 fully saturated rings. The molecule has 5 aliphatic rings. The van der Waals surface area contributed by atoms with Gasteiger partial charge in [-0.05, 0) is 179 Å². The van der Waals surface area contributed by atoms with Gasteiger partial charge in [0.15, 0.2) is 0 Å². The zero-order valence-corrected chi connectivity index (χ0v) is 35.0. The van der Waals surface area contributed by atoms with E-state index in [2.05, 4.69) is 62.3 Å². The van der Waals surface area contributed by atoms with Crippen LogP contribution in [-0.4, -0.2) is 24.6 Å². The second-order valence-corrected chi connectivity index (χ2v) is 21.5. The lowest BCUT2D eigenvalue weighted by molar-refractivity contribution is -0.166. The van der Waals surface area contributed by atoms with Crippen molar-refractivity contribution in [1.82, 2.24) is 0 Å². The minimum Gasteiger partial charge on any atom is -0.465 e. The van der Waals surface area contributed by atoms with Gasteiger partial charge in [-0.3, -0.25) is 9.59 Å². The Kier molecular flexibility index (Phi) is 14.2. The highest BCUT2D eigenvalue weighted by atomic mass is 16.6. The van der Waals surface area contributed by atoms with Crippen LogP contribution in [0.15, 0.2) is 0 Å². The van der Waals surface area contributed by atoms with Gasteiger partial charge in [-0.1, -0.05) is 81.6 Å². The Balaban J connectivity index is 1.08. The number of esters is 2. The molecule has 1 unspecified atom stereocenters. The number of hydrogen-bond acceptors (Lipinski definition) is 4. The van der Waals surface area contributed by atoms with Crippen molar-refractivity contribution in [3.8, 4) is 0 Å². The Morgan fingerprint density at radius 1 is 0.529 bits per heavy atom. The van der Waals surface area contributed by atoms with Gasteiger partial charge in [0.05, 0.1) is 11.8 Å². The van der Waals surface area contributed by atoms with E-state index < -0.39 is 0 Å². The van der Waals surface area contributed by atoms with Crippen LogP contribution in [0, 0.1) is 75.4 Å². The maximum atomic E-state index is 13.9. The second kappa shape index (κ2) is 17.6. The Morgan fingerprint density at radius 2 is 0.961 bits per heavy atom. The van der Waals surface area contributed by atoms with E-state index >= 15 is 0 Å². The molecule has 5 rings (SSSR count). The van der Waals surface area contributed by atoms with Crippen molar-refractivity contribution < 1.29 is 19.1 Å². The van der Waals surface area contributed by atoms with E-state index in [1.54, 1.807) is 0 Å². The van der Waals surface area contributed by atoms with Gasteiger partial charge in [0.25, 0.3) is 0 Å². The lowest BCUT2D eigenvalue weighted by Crippen LogP contribution is -2.40. The van der Waals surface area contributed by atoms with Gasteiger partial charge in [-0.25, -0.2) is 0 Å². The zero-order valence-electron chi connectivity index (χ0n) is 35.0. The van der Waals surface area contributed by atoms with Crippen LogP contribution in [0.2, 0.25) is 0 Å². The molecule has 0 aliphatic heterocycles. The molecule has 0 amide bonds. The fourth-order valence-corrected chi connectivity index (χ4v) is 12.4. The van der Waals surface area contributed by atoms with E-state index in [4.69, 9.17) is 9.47 Å². The molecule has 4 heteroatoms. The third-order valence-electron chi connectivity index (χ3n) is 16.8. The van der Waals surface area contributed by atoms with Crippen LogP contribution in [0.25, 0.3) is 0 Å². The third-order valence-corrected chi connectivity index (χ3v) is 16.8. The van der Waals surface area contributed by atoms with Crippen LogP contribution in [-0.2, 0) is 19.1 Å². The largest absolute Gasteiger partial charge is 0.465 e. The molecule has 1 atom stereocenters. The molecule has 0 aromatic rings. The molecule has 4 nitrogen and oxygen atoms in total. The molecule has 0 bridgehead atoms. The number of rotatable bonds is 11. The topological polar surface area (TPSA) is 52.6 Å². The average molecular weight is 711 g/mol. The molecule has 0 saturated heterocycles. The van der Waals surface area contributed by atoms with Crippen molar-refractivity contribution >= 4 is 11.9 Å². The fraction of sp³-hybridized carbons (Fsp3) is 0.957. The van der Waals surface area contributed by atoms with Crippen molar-refractivity contribution in [1.29, 1.82) is 0 Å². The number of ether oxygens (including phenoxy) is 2. The first-order valence-electron chi connectivity index (χ1n) is 22.4. The molecule has 0 radical (unpaired) electrons. The quantitative estimate of drug-likeness (QED) is 0.200. The van der Waals surface area contributed by atoms with Crippen molar-refractivity contribution in [3.63, 3.8) is 0 Å². The maximum Gasteiger partial charge on any atom is 0.312 e. The molecule has 0 N–H and O–H groups in total. The van der Waals surface area contributed by atoms with Gasteiger partial charge in [-0.15, -0.1) is 0 Å². The van der Waals surface area contributed by atoms with Crippen molar-refractivity contribution in [2.45, 2.75) is 203 Å². The smallest absolute Gasteiger partial charge is 0.312 e. The standard InChI is InChI=1S/C47H82O4/c1-32(2)33-15-19-37(20-16-33)47(8,9)40-27-29-41(30-28-40)51-44(49)42(34-13-11-10-12-14-34)31-50-43(48)35-17-21-38(22-18-35)46(6,7)39-25-23-36(24-26-39)45(3,4)5/h32-42H,10-31H2,1-9H3. The lowest BCUT2D eigenvalue weighted by Gasteiger charge is -2.48. The highest BCUT2D eigenvalue weighted by Gasteiger charge is 2.44. The van der Waals surface area contributed by atoms with Gasteiger partial charge in [-0.2, -0.15) is 0 Å². The van der Waals surface area contributed by atoms with E-state index in [1.807, 2.05) is 0 Å². The highest BCUT2D eigenvalue weighted by Crippen LogP contribution is 2.53. The van der Waals surface area contributed by atoms with Crippen LogP contribution >= 0.6 is 0 Å². The van der Waals surface area contributed by atoms with Crippen molar-refractivity contribution in [2.24, 2.45) is 75.4 Å². The Morgan fingerprint density at radius 3 is 1.43 bits per heavy atom. The summed E-state index contributed by atoms with van der Waals surface area (Å²) >= 11 is 0. The summed E-state index contributed by atoms with van der Waals surface area (Å²) in [4.78, 5) is 27.4. The summed E-state index contributed by atoms with van der Waals surface area (Å²) in [5, 5.41) is 0. The van der Waals surface area contributed by atoms with E-state index in [0.717, 1.165) is 93.8 Å². The predicted molar refractivity (Wildman–Crippen MR) is 211 cm³/mol. The summed E-state index contributed by atoms with van der Waals surface area (Å²) in [6, 6.07) is 0. The van der Waals surface area contributed by atoms with Crippen LogP contribution in [0.5, 0.6) is 0 Å². The third kappa shape index (κ3) is 10.4.